The number of amides is 1. The zero-order valence-corrected chi connectivity index (χ0v) is 12.5. The highest BCUT2D eigenvalue weighted by atomic mass is 16.5. The molecular weight excluding hydrogens is 258 g/mol. The smallest absolute Gasteiger partial charge is 0.253 e. The first-order chi connectivity index (χ1) is 9.49. The minimum absolute atomic E-state index is 0.224. The predicted octanol–water partition coefficient (Wildman–Crippen LogP) is 0.968. The van der Waals surface area contributed by atoms with Crippen molar-refractivity contribution in [2.75, 3.05) is 47.1 Å². The van der Waals surface area contributed by atoms with Crippen LogP contribution >= 0.6 is 0 Å². The van der Waals surface area contributed by atoms with Gasteiger partial charge in [0.25, 0.3) is 5.91 Å². The Labute approximate surface area is 119 Å². The van der Waals surface area contributed by atoms with E-state index in [2.05, 4.69) is 10.2 Å². The standard InChI is InChI=1S/C14H23N3O3/c1-17(2)7-5-6-16-14(18)11-8-10(19-3)9-12(20-4)13(11)15/h8-9H,5-7,15H2,1-4H3,(H,16,18). The Bertz CT molecular complexity index is 461. The number of hydrogen-bond acceptors (Lipinski definition) is 5. The van der Waals surface area contributed by atoms with Crippen molar-refractivity contribution in [3.63, 3.8) is 0 Å². The minimum Gasteiger partial charge on any atom is -0.497 e. The molecule has 112 valence electrons. The fourth-order valence-corrected chi connectivity index (χ4v) is 1.77. The van der Waals surface area contributed by atoms with Crippen LogP contribution in [0, 0.1) is 0 Å². The second-order valence-corrected chi connectivity index (χ2v) is 4.70. The number of nitrogen functional groups attached to an aromatic ring is 1. The molecule has 6 heteroatoms. The van der Waals surface area contributed by atoms with Crippen molar-refractivity contribution in [3.8, 4) is 11.5 Å². The van der Waals surface area contributed by atoms with E-state index >= 15 is 0 Å². The van der Waals surface area contributed by atoms with Gasteiger partial charge in [-0.15, -0.1) is 0 Å². The Balaban J connectivity index is 2.76. The van der Waals surface area contributed by atoms with Gasteiger partial charge in [0.2, 0.25) is 0 Å². The molecule has 6 nitrogen and oxygen atoms in total. The second kappa shape index (κ2) is 7.59. The Morgan fingerprint density at radius 2 is 2.00 bits per heavy atom. The monoisotopic (exact) mass is 281 g/mol. The molecule has 0 spiro atoms. The van der Waals surface area contributed by atoms with Crippen LogP contribution in [0.5, 0.6) is 11.5 Å². The number of benzene rings is 1. The summed E-state index contributed by atoms with van der Waals surface area (Å²) in [6, 6.07) is 3.26. The summed E-state index contributed by atoms with van der Waals surface area (Å²) in [6.45, 7) is 1.51. The quantitative estimate of drug-likeness (QED) is 0.575. The highest BCUT2D eigenvalue weighted by Crippen LogP contribution is 2.30. The van der Waals surface area contributed by atoms with Gasteiger partial charge in [0, 0.05) is 12.6 Å². The van der Waals surface area contributed by atoms with Crippen LogP contribution in [0.25, 0.3) is 0 Å². The van der Waals surface area contributed by atoms with E-state index in [0.29, 0.717) is 29.3 Å². The van der Waals surface area contributed by atoms with Crippen LogP contribution < -0.4 is 20.5 Å². The molecule has 1 aromatic rings. The van der Waals surface area contributed by atoms with E-state index < -0.39 is 0 Å². The van der Waals surface area contributed by atoms with E-state index in [1.165, 1.54) is 14.2 Å². The molecule has 0 radical (unpaired) electrons. The van der Waals surface area contributed by atoms with Crippen molar-refractivity contribution < 1.29 is 14.3 Å². The van der Waals surface area contributed by atoms with Crippen molar-refractivity contribution in [2.24, 2.45) is 0 Å². The number of nitrogens with zero attached hydrogens (tertiary/aromatic N) is 1. The molecule has 0 aliphatic carbocycles. The number of hydrogen-bond donors (Lipinski definition) is 2. The third kappa shape index (κ3) is 4.31. The first-order valence-electron chi connectivity index (χ1n) is 6.44. The van der Waals surface area contributed by atoms with Crippen LogP contribution in [0.15, 0.2) is 12.1 Å². The van der Waals surface area contributed by atoms with Crippen molar-refractivity contribution in [2.45, 2.75) is 6.42 Å². The lowest BCUT2D eigenvalue weighted by Gasteiger charge is -2.13. The highest BCUT2D eigenvalue weighted by molar-refractivity contribution is 6.00. The van der Waals surface area contributed by atoms with Gasteiger partial charge in [0.1, 0.15) is 11.5 Å². The third-order valence-corrected chi connectivity index (χ3v) is 2.88. The molecule has 0 aliphatic rings. The Morgan fingerprint density at radius 1 is 1.30 bits per heavy atom. The fourth-order valence-electron chi connectivity index (χ4n) is 1.77. The van der Waals surface area contributed by atoms with E-state index in [-0.39, 0.29) is 5.91 Å². The lowest BCUT2D eigenvalue weighted by atomic mass is 10.1. The van der Waals surface area contributed by atoms with Crippen LogP contribution in [0.1, 0.15) is 16.8 Å². The van der Waals surface area contributed by atoms with Crippen LogP contribution in [0.2, 0.25) is 0 Å². The van der Waals surface area contributed by atoms with Crippen LogP contribution in [-0.2, 0) is 0 Å². The van der Waals surface area contributed by atoms with E-state index in [1.54, 1.807) is 12.1 Å². The van der Waals surface area contributed by atoms with Crippen molar-refractivity contribution in [1.29, 1.82) is 0 Å². The first-order valence-corrected chi connectivity index (χ1v) is 6.44. The van der Waals surface area contributed by atoms with Gasteiger partial charge in [-0.3, -0.25) is 4.79 Å². The average Bonchev–Trinajstić information content (AvgIpc) is 2.43. The minimum atomic E-state index is -0.224. The molecule has 0 aliphatic heterocycles. The molecular formula is C14H23N3O3. The first kappa shape index (κ1) is 16.1. The molecule has 0 atom stereocenters. The van der Waals surface area contributed by atoms with Crippen molar-refractivity contribution >= 4 is 11.6 Å². The topological polar surface area (TPSA) is 76.8 Å². The molecule has 0 aromatic heterocycles. The number of ether oxygens (including phenoxy) is 2. The zero-order chi connectivity index (χ0) is 15.1. The van der Waals surface area contributed by atoms with Gasteiger partial charge in [0.15, 0.2) is 0 Å². The predicted molar refractivity (Wildman–Crippen MR) is 79.5 cm³/mol. The summed E-state index contributed by atoms with van der Waals surface area (Å²) in [5.74, 6) is 0.746. The number of carbonyl (C=O) groups is 1. The molecule has 1 aromatic carbocycles. The molecule has 0 heterocycles. The van der Waals surface area contributed by atoms with Crippen LogP contribution in [0.3, 0.4) is 0 Å². The number of carbonyl (C=O) groups excluding carboxylic acids is 1. The van der Waals surface area contributed by atoms with Gasteiger partial charge < -0.3 is 25.4 Å². The molecule has 0 bridgehead atoms. The zero-order valence-electron chi connectivity index (χ0n) is 12.5. The maximum Gasteiger partial charge on any atom is 0.253 e. The number of methoxy groups -OCH3 is 2. The fraction of sp³-hybridized carbons (Fsp3) is 0.500. The molecule has 20 heavy (non-hydrogen) atoms. The lowest BCUT2D eigenvalue weighted by Crippen LogP contribution is -2.27. The molecule has 1 amide bonds. The highest BCUT2D eigenvalue weighted by Gasteiger charge is 2.15. The summed E-state index contributed by atoms with van der Waals surface area (Å²) in [5, 5.41) is 2.84. The summed E-state index contributed by atoms with van der Waals surface area (Å²) >= 11 is 0. The Hall–Kier alpha value is -1.95. The van der Waals surface area contributed by atoms with Gasteiger partial charge in [-0.1, -0.05) is 0 Å². The van der Waals surface area contributed by atoms with Crippen LogP contribution in [-0.4, -0.2) is 52.2 Å². The second-order valence-electron chi connectivity index (χ2n) is 4.70. The number of anilines is 1. The van der Waals surface area contributed by atoms with Gasteiger partial charge >= 0.3 is 0 Å². The lowest BCUT2D eigenvalue weighted by molar-refractivity contribution is 0.0952. The molecule has 0 unspecified atom stereocenters. The maximum atomic E-state index is 12.1. The van der Waals surface area contributed by atoms with Crippen molar-refractivity contribution in [1.82, 2.24) is 10.2 Å². The van der Waals surface area contributed by atoms with Crippen LogP contribution in [0.4, 0.5) is 5.69 Å². The Kier molecular flexibility index (Phi) is 6.11. The molecule has 0 saturated carbocycles. The van der Waals surface area contributed by atoms with Gasteiger partial charge in [-0.25, -0.2) is 0 Å². The summed E-state index contributed by atoms with van der Waals surface area (Å²) in [7, 11) is 7.02. The SMILES string of the molecule is COc1cc(OC)c(N)c(C(=O)NCCCN(C)C)c1. The van der Waals surface area contributed by atoms with E-state index in [9.17, 15) is 4.79 Å². The maximum absolute atomic E-state index is 12.1. The molecule has 1 rings (SSSR count). The van der Waals surface area contributed by atoms with Gasteiger partial charge in [-0.05, 0) is 33.1 Å². The summed E-state index contributed by atoms with van der Waals surface area (Å²) in [6.07, 6.45) is 0.875. The van der Waals surface area contributed by atoms with E-state index in [4.69, 9.17) is 15.2 Å². The number of rotatable bonds is 7. The summed E-state index contributed by atoms with van der Waals surface area (Å²) < 4.78 is 10.3. The number of nitrogens with two attached hydrogens (primary N) is 1. The van der Waals surface area contributed by atoms with Crippen molar-refractivity contribution in [3.05, 3.63) is 17.7 Å². The average molecular weight is 281 g/mol. The number of nitrogens with one attached hydrogen (secondary N) is 1. The molecule has 3 N–H and O–H groups in total. The largest absolute Gasteiger partial charge is 0.497 e. The third-order valence-electron chi connectivity index (χ3n) is 2.88. The normalized spacial score (nSPS) is 10.4. The van der Waals surface area contributed by atoms with E-state index in [0.717, 1.165) is 13.0 Å². The van der Waals surface area contributed by atoms with Gasteiger partial charge in [0.05, 0.1) is 25.5 Å². The Morgan fingerprint density at radius 3 is 2.55 bits per heavy atom. The molecule has 0 fully saturated rings. The van der Waals surface area contributed by atoms with E-state index in [1.807, 2.05) is 14.1 Å². The van der Waals surface area contributed by atoms with Gasteiger partial charge in [-0.2, -0.15) is 0 Å². The summed E-state index contributed by atoms with van der Waals surface area (Å²) in [5.41, 5.74) is 6.61. The molecule has 0 saturated heterocycles. The summed E-state index contributed by atoms with van der Waals surface area (Å²) in [4.78, 5) is 14.2.